The van der Waals surface area contributed by atoms with Gasteiger partial charge >= 0.3 is 0 Å². The molecule has 0 aliphatic carbocycles. The first-order valence-corrected chi connectivity index (χ1v) is 16.4. The van der Waals surface area contributed by atoms with Gasteiger partial charge in [0.25, 0.3) is 0 Å². The summed E-state index contributed by atoms with van der Waals surface area (Å²) < 4.78 is 33.1. The van der Waals surface area contributed by atoms with Crippen molar-refractivity contribution in [1.29, 1.82) is 0 Å². The molecular weight excluding hydrogens is 480 g/mol. The first-order chi connectivity index (χ1) is 18.9. The molecule has 0 radical (unpaired) electrons. The van der Waals surface area contributed by atoms with Gasteiger partial charge in [-0.3, -0.25) is 0 Å². The van der Waals surface area contributed by atoms with Crippen molar-refractivity contribution in [3.05, 3.63) is 0 Å². The van der Waals surface area contributed by atoms with Gasteiger partial charge in [-0.15, -0.1) is 0 Å². The van der Waals surface area contributed by atoms with Gasteiger partial charge in [-0.1, -0.05) is 117 Å². The van der Waals surface area contributed by atoms with Crippen molar-refractivity contribution in [2.24, 2.45) is 0 Å². The molecule has 6 nitrogen and oxygen atoms in total. The standard InChI is InChI=1S/C32H66O6/c1-3-5-7-8-9-10-11-12-13-14-15-16-17-18-19-20-22-34-24-26-36-28-30-38-32-31-37-29-27-35-25-23-33-21-6-4-2/h3-32H2,1-2H3. The van der Waals surface area contributed by atoms with E-state index in [0.29, 0.717) is 66.1 Å². The van der Waals surface area contributed by atoms with Crippen LogP contribution in [0, 0.1) is 0 Å². The molecule has 0 saturated heterocycles. The second kappa shape index (κ2) is 36.8. The minimum atomic E-state index is 0.582. The molecule has 0 spiro atoms. The molecule has 0 atom stereocenters. The van der Waals surface area contributed by atoms with Crippen LogP contribution in [0.4, 0.5) is 0 Å². The Balaban J connectivity index is 3.01. The smallest absolute Gasteiger partial charge is 0.0701 e. The Labute approximate surface area is 237 Å². The lowest BCUT2D eigenvalue weighted by Gasteiger charge is -2.08. The molecule has 0 aromatic rings. The van der Waals surface area contributed by atoms with Crippen LogP contribution in [0.3, 0.4) is 0 Å². The molecule has 0 heterocycles. The second-order valence-electron chi connectivity index (χ2n) is 10.3. The maximum Gasteiger partial charge on any atom is 0.0701 e. The van der Waals surface area contributed by atoms with E-state index in [1.54, 1.807) is 0 Å². The summed E-state index contributed by atoms with van der Waals surface area (Å²) in [5.41, 5.74) is 0. The largest absolute Gasteiger partial charge is 0.379 e. The Kier molecular flexibility index (Phi) is 36.5. The zero-order chi connectivity index (χ0) is 27.5. The van der Waals surface area contributed by atoms with Gasteiger partial charge < -0.3 is 28.4 Å². The van der Waals surface area contributed by atoms with Crippen molar-refractivity contribution >= 4 is 0 Å². The van der Waals surface area contributed by atoms with Gasteiger partial charge in [-0.25, -0.2) is 0 Å². The zero-order valence-corrected chi connectivity index (χ0v) is 25.7. The van der Waals surface area contributed by atoms with Crippen LogP contribution in [0.25, 0.3) is 0 Å². The molecule has 0 rings (SSSR count). The third-order valence-corrected chi connectivity index (χ3v) is 6.64. The molecule has 0 fully saturated rings. The average molecular weight is 547 g/mol. The second-order valence-corrected chi connectivity index (χ2v) is 10.3. The lowest BCUT2D eigenvalue weighted by molar-refractivity contribution is -0.0169. The lowest BCUT2D eigenvalue weighted by Crippen LogP contribution is -2.14. The first kappa shape index (κ1) is 37.8. The minimum Gasteiger partial charge on any atom is -0.379 e. The Bertz CT molecular complexity index is 360. The number of hydrogen-bond acceptors (Lipinski definition) is 6. The predicted octanol–water partition coefficient (Wildman–Crippen LogP) is 8.15. The number of rotatable bonds is 35. The van der Waals surface area contributed by atoms with Crippen molar-refractivity contribution in [2.75, 3.05) is 79.3 Å². The topological polar surface area (TPSA) is 55.4 Å². The highest BCUT2D eigenvalue weighted by Crippen LogP contribution is 2.13. The molecule has 0 aromatic carbocycles. The SMILES string of the molecule is CCCCCCCCCCCCCCCCCCOCCOCCOCCOCCOCCOCCCC. The summed E-state index contributed by atoms with van der Waals surface area (Å²) in [5.74, 6) is 0. The molecule has 0 bridgehead atoms. The van der Waals surface area contributed by atoms with E-state index in [0.717, 1.165) is 26.1 Å². The van der Waals surface area contributed by atoms with Gasteiger partial charge in [0.05, 0.1) is 66.1 Å². The quantitative estimate of drug-likeness (QED) is 0.0748. The Morgan fingerprint density at radius 3 is 0.711 bits per heavy atom. The average Bonchev–Trinajstić information content (AvgIpc) is 2.93. The third kappa shape index (κ3) is 35.8. The van der Waals surface area contributed by atoms with Crippen LogP contribution in [-0.4, -0.2) is 79.3 Å². The molecule has 6 heteroatoms. The van der Waals surface area contributed by atoms with E-state index >= 15 is 0 Å². The van der Waals surface area contributed by atoms with Crippen molar-refractivity contribution in [3.8, 4) is 0 Å². The molecule has 0 amide bonds. The fourth-order valence-corrected chi connectivity index (χ4v) is 4.20. The molecule has 0 aliphatic rings. The minimum absolute atomic E-state index is 0.582. The van der Waals surface area contributed by atoms with Crippen LogP contribution >= 0.6 is 0 Å². The number of unbranched alkanes of at least 4 members (excludes halogenated alkanes) is 16. The molecule has 0 aliphatic heterocycles. The third-order valence-electron chi connectivity index (χ3n) is 6.64. The predicted molar refractivity (Wildman–Crippen MR) is 159 cm³/mol. The molecule has 0 aromatic heterocycles. The highest BCUT2D eigenvalue weighted by Gasteiger charge is 1.96. The first-order valence-electron chi connectivity index (χ1n) is 16.4. The summed E-state index contributed by atoms with van der Waals surface area (Å²) in [6, 6.07) is 0. The van der Waals surface area contributed by atoms with Gasteiger partial charge in [0.2, 0.25) is 0 Å². The van der Waals surface area contributed by atoms with Crippen LogP contribution in [0.5, 0.6) is 0 Å². The van der Waals surface area contributed by atoms with Crippen LogP contribution in [-0.2, 0) is 28.4 Å². The van der Waals surface area contributed by atoms with Gasteiger partial charge in [-0.05, 0) is 12.8 Å². The van der Waals surface area contributed by atoms with E-state index in [1.807, 2.05) is 0 Å². The fraction of sp³-hybridized carbons (Fsp3) is 1.00. The highest BCUT2D eigenvalue weighted by atomic mass is 16.6. The summed E-state index contributed by atoms with van der Waals surface area (Å²) in [4.78, 5) is 0. The summed E-state index contributed by atoms with van der Waals surface area (Å²) in [7, 11) is 0. The molecule has 0 saturated carbocycles. The van der Waals surface area contributed by atoms with Crippen LogP contribution in [0.15, 0.2) is 0 Å². The summed E-state index contributed by atoms with van der Waals surface area (Å²) in [5, 5.41) is 0. The van der Waals surface area contributed by atoms with Crippen molar-refractivity contribution in [3.63, 3.8) is 0 Å². The monoisotopic (exact) mass is 546 g/mol. The van der Waals surface area contributed by atoms with E-state index in [4.69, 9.17) is 28.4 Å². The van der Waals surface area contributed by atoms with Gasteiger partial charge in [0, 0.05) is 13.2 Å². The van der Waals surface area contributed by atoms with Crippen LogP contribution in [0.2, 0.25) is 0 Å². The van der Waals surface area contributed by atoms with Crippen LogP contribution < -0.4 is 0 Å². The summed E-state index contributed by atoms with van der Waals surface area (Å²) in [6.45, 7) is 12.3. The maximum absolute atomic E-state index is 5.67. The fourth-order valence-electron chi connectivity index (χ4n) is 4.20. The van der Waals surface area contributed by atoms with E-state index in [9.17, 15) is 0 Å². The molecular formula is C32H66O6. The van der Waals surface area contributed by atoms with Crippen molar-refractivity contribution in [2.45, 2.75) is 129 Å². The van der Waals surface area contributed by atoms with Gasteiger partial charge in [0.15, 0.2) is 0 Å². The Hall–Kier alpha value is -0.240. The van der Waals surface area contributed by atoms with Crippen molar-refractivity contribution in [1.82, 2.24) is 0 Å². The Morgan fingerprint density at radius 2 is 0.421 bits per heavy atom. The summed E-state index contributed by atoms with van der Waals surface area (Å²) in [6.07, 6.45) is 24.6. The van der Waals surface area contributed by atoms with E-state index in [2.05, 4.69) is 13.8 Å². The summed E-state index contributed by atoms with van der Waals surface area (Å²) >= 11 is 0. The van der Waals surface area contributed by atoms with Gasteiger partial charge in [-0.2, -0.15) is 0 Å². The zero-order valence-electron chi connectivity index (χ0n) is 25.7. The maximum atomic E-state index is 5.67. The van der Waals surface area contributed by atoms with E-state index in [1.165, 1.54) is 103 Å². The number of hydrogen-bond donors (Lipinski definition) is 0. The van der Waals surface area contributed by atoms with E-state index < -0.39 is 0 Å². The van der Waals surface area contributed by atoms with E-state index in [-0.39, 0.29) is 0 Å². The normalized spacial score (nSPS) is 11.5. The molecule has 230 valence electrons. The Morgan fingerprint density at radius 1 is 0.211 bits per heavy atom. The lowest BCUT2D eigenvalue weighted by atomic mass is 10.0. The van der Waals surface area contributed by atoms with Crippen LogP contribution in [0.1, 0.15) is 129 Å². The van der Waals surface area contributed by atoms with Gasteiger partial charge in [0.1, 0.15) is 0 Å². The van der Waals surface area contributed by atoms with Crippen molar-refractivity contribution < 1.29 is 28.4 Å². The number of ether oxygens (including phenoxy) is 6. The molecule has 0 N–H and O–H groups in total. The highest BCUT2D eigenvalue weighted by molar-refractivity contribution is 4.50. The molecule has 38 heavy (non-hydrogen) atoms. The molecule has 0 unspecified atom stereocenters.